The van der Waals surface area contributed by atoms with Crippen LogP contribution < -0.4 is 5.32 Å². The molecule has 3 rings (SSSR count). The molecule has 0 atom stereocenters. The zero-order valence-electron chi connectivity index (χ0n) is 11.6. The van der Waals surface area contributed by atoms with Crippen LogP contribution in [-0.4, -0.2) is 21.7 Å². The highest BCUT2D eigenvalue weighted by Crippen LogP contribution is 2.31. The predicted octanol–water partition coefficient (Wildman–Crippen LogP) is 4.22. The third-order valence-corrected chi connectivity index (χ3v) is 3.42. The van der Waals surface area contributed by atoms with E-state index in [1.54, 1.807) is 6.20 Å². The largest absolute Gasteiger partial charge is 0.370 e. The summed E-state index contributed by atoms with van der Waals surface area (Å²) in [6, 6.07) is 11.7. The van der Waals surface area contributed by atoms with Crippen LogP contribution in [0.5, 0.6) is 0 Å². The lowest BCUT2D eigenvalue weighted by Gasteiger charge is -2.07. The fraction of sp³-hybridized carbons (Fsp3) is 0.125. The van der Waals surface area contributed by atoms with Gasteiger partial charge in [0.1, 0.15) is 5.82 Å². The molecule has 0 radical (unpaired) electrons. The fourth-order valence-corrected chi connectivity index (χ4v) is 2.44. The van der Waals surface area contributed by atoms with Crippen molar-refractivity contribution in [2.75, 3.05) is 11.9 Å². The molecule has 2 N–H and O–H groups in total. The zero-order valence-corrected chi connectivity index (χ0v) is 12.4. The van der Waals surface area contributed by atoms with Crippen LogP contribution in [-0.2, 0) is 0 Å². The Bertz CT molecular complexity index is 751. The van der Waals surface area contributed by atoms with E-state index in [2.05, 4.69) is 20.5 Å². The van der Waals surface area contributed by atoms with Crippen molar-refractivity contribution < 1.29 is 0 Å². The summed E-state index contributed by atoms with van der Waals surface area (Å²) in [5.41, 5.74) is 4.05. The normalized spacial score (nSPS) is 10.6. The van der Waals surface area contributed by atoms with Crippen molar-refractivity contribution in [2.24, 2.45) is 0 Å². The lowest BCUT2D eigenvalue weighted by Crippen LogP contribution is -1.98. The van der Waals surface area contributed by atoms with E-state index in [9.17, 15) is 0 Å². The molecule has 0 spiro atoms. The minimum Gasteiger partial charge on any atom is -0.370 e. The summed E-state index contributed by atoms with van der Waals surface area (Å²) in [7, 11) is 0. The first-order valence-corrected chi connectivity index (χ1v) is 7.15. The topological polar surface area (TPSA) is 53.6 Å². The van der Waals surface area contributed by atoms with Gasteiger partial charge in [0.15, 0.2) is 0 Å². The molecule has 0 aliphatic rings. The number of nitrogens with one attached hydrogen (secondary N) is 2. The van der Waals surface area contributed by atoms with Crippen molar-refractivity contribution in [2.45, 2.75) is 6.92 Å². The standard InChI is InChI=1S/C16H15ClN4/c1-2-18-15-9-11(6-7-19-15)14-10-20-21-16(14)12-4-3-5-13(17)8-12/h3-10H,2H2,1H3,(H,18,19)(H,20,21). The van der Waals surface area contributed by atoms with E-state index in [-0.39, 0.29) is 0 Å². The van der Waals surface area contributed by atoms with E-state index in [0.29, 0.717) is 5.02 Å². The lowest BCUT2D eigenvalue weighted by atomic mass is 10.0. The van der Waals surface area contributed by atoms with E-state index in [0.717, 1.165) is 34.7 Å². The first-order valence-electron chi connectivity index (χ1n) is 6.77. The Kier molecular flexibility index (Phi) is 3.88. The highest BCUT2D eigenvalue weighted by atomic mass is 35.5. The number of H-pyrrole nitrogens is 1. The van der Waals surface area contributed by atoms with Crippen LogP contribution in [0.25, 0.3) is 22.4 Å². The highest BCUT2D eigenvalue weighted by molar-refractivity contribution is 6.30. The average molecular weight is 299 g/mol. The van der Waals surface area contributed by atoms with E-state index in [1.807, 2.05) is 49.5 Å². The maximum absolute atomic E-state index is 6.07. The van der Waals surface area contributed by atoms with Crippen LogP contribution in [0.15, 0.2) is 48.8 Å². The summed E-state index contributed by atoms with van der Waals surface area (Å²) in [5, 5.41) is 11.1. The molecule has 0 saturated heterocycles. The molecule has 0 unspecified atom stereocenters. The number of halogens is 1. The van der Waals surface area contributed by atoms with Crippen molar-refractivity contribution in [1.29, 1.82) is 0 Å². The number of aromatic amines is 1. The van der Waals surface area contributed by atoms with E-state index in [1.165, 1.54) is 0 Å². The van der Waals surface area contributed by atoms with Gasteiger partial charge in [-0.15, -0.1) is 0 Å². The number of benzene rings is 1. The molecule has 5 heteroatoms. The Morgan fingerprint density at radius 3 is 2.90 bits per heavy atom. The number of pyridine rings is 1. The van der Waals surface area contributed by atoms with E-state index >= 15 is 0 Å². The number of rotatable bonds is 4. The quantitative estimate of drug-likeness (QED) is 0.758. The summed E-state index contributed by atoms with van der Waals surface area (Å²) in [6.07, 6.45) is 3.61. The van der Waals surface area contributed by atoms with Gasteiger partial charge in [-0.05, 0) is 36.8 Å². The highest BCUT2D eigenvalue weighted by Gasteiger charge is 2.11. The molecular weight excluding hydrogens is 284 g/mol. The van der Waals surface area contributed by atoms with Gasteiger partial charge in [-0.2, -0.15) is 5.10 Å². The molecule has 1 aromatic carbocycles. The van der Waals surface area contributed by atoms with Gasteiger partial charge in [-0.1, -0.05) is 23.7 Å². The Morgan fingerprint density at radius 1 is 1.19 bits per heavy atom. The molecule has 21 heavy (non-hydrogen) atoms. The predicted molar refractivity (Wildman–Crippen MR) is 86.4 cm³/mol. The van der Waals surface area contributed by atoms with Crippen LogP contribution in [0.1, 0.15) is 6.92 Å². The van der Waals surface area contributed by atoms with Crippen LogP contribution in [0.2, 0.25) is 5.02 Å². The summed E-state index contributed by atoms with van der Waals surface area (Å²) < 4.78 is 0. The monoisotopic (exact) mass is 298 g/mol. The van der Waals surface area contributed by atoms with E-state index < -0.39 is 0 Å². The minimum atomic E-state index is 0.705. The minimum absolute atomic E-state index is 0.705. The Balaban J connectivity index is 2.05. The van der Waals surface area contributed by atoms with Crippen molar-refractivity contribution in [1.82, 2.24) is 15.2 Å². The lowest BCUT2D eigenvalue weighted by molar-refractivity contribution is 1.10. The summed E-state index contributed by atoms with van der Waals surface area (Å²) in [4.78, 5) is 4.29. The molecule has 2 aromatic heterocycles. The van der Waals surface area contributed by atoms with Gasteiger partial charge >= 0.3 is 0 Å². The van der Waals surface area contributed by atoms with Gasteiger partial charge in [0.25, 0.3) is 0 Å². The van der Waals surface area contributed by atoms with Gasteiger partial charge in [0.05, 0.1) is 11.9 Å². The fourth-order valence-electron chi connectivity index (χ4n) is 2.24. The molecule has 0 saturated carbocycles. The van der Waals surface area contributed by atoms with Crippen LogP contribution in [0.3, 0.4) is 0 Å². The number of hydrogen-bond donors (Lipinski definition) is 2. The Morgan fingerprint density at radius 2 is 2.10 bits per heavy atom. The smallest absolute Gasteiger partial charge is 0.126 e. The molecule has 0 aliphatic heterocycles. The van der Waals surface area contributed by atoms with Gasteiger partial charge in [0.2, 0.25) is 0 Å². The SMILES string of the molecule is CCNc1cc(-c2cn[nH]c2-c2cccc(Cl)c2)ccn1. The van der Waals surface area contributed by atoms with Crippen molar-refractivity contribution >= 4 is 17.4 Å². The van der Waals surface area contributed by atoms with Gasteiger partial charge < -0.3 is 5.32 Å². The molecule has 0 bridgehead atoms. The third-order valence-electron chi connectivity index (χ3n) is 3.18. The van der Waals surface area contributed by atoms with Crippen LogP contribution >= 0.6 is 11.6 Å². The maximum atomic E-state index is 6.07. The summed E-state index contributed by atoms with van der Waals surface area (Å²) in [5.74, 6) is 0.855. The molecular formula is C16H15ClN4. The molecule has 106 valence electrons. The Hall–Kier alpha value is -2.33. The number of nitrogens with zero attached hydrogens (tertiary/aromatic N) is 2. The maximum Gasteiger partial charge on any atom is 0.126 e. The second kappa shape index (κ2) is 5.97. The van der Waals surface area contributed by atoms with E-state index in [4.69, 9.17) is 11.6 Å². The molecule has 2 heterocycles. The third kappa shape index (κ3) is 2.90. The Labute approximate surface area is 128 Å². The number of anilines is 1. The van der Waals surface area contributed by atoms with Gasteiger partial charge in [-0.3, -0.25) is 5.10 Å². The molecule has 4 nitrogen and oxygen atoms in total. The van der Waals surface area contributed by atoms with Crippen molar-refractivity contribution in [3.8, 4) is 22.4 Å². The average Bonchev–Trinajstić information content (AvgIpc) is 2.97. The zero-order chi connectivity index (χ0) is 14.7. The van der Waals surface area contributed by atoms with Gasteiger partial charge in [0, 0.05) is 28.9 Å². The summed E-state index contributed by atoms with van der Waals surface area (Å²) >= 11 is 6.07. The van der Waals surface area contributed by atoms with Crippen LogP contribution in [0, 0.1) is 0 Å². The van der Waals surface area contributed by atoms with Gasteiger partial charge in [-0.25, -0.2) is 4.98 Å². The molecule has 0 fully saturated rings. The number of hydrogen-bond acceptors (Lipinski definition) is 3. The summed E-state index contributed by atoms with van der Waals surface area (Å²) in [6.45, 7) is 2.88. The second-order valence-corrected chi connectivity index (χ2v) is 5.07. The first-order chi connectivity index (χ1) is 10.3. The molecule has 3 aromatic rings. The first kappa shape index (κ1) is 13.6. The molecule has 0 aliphatic carbocycles. The van der Waals surface area contributed by atoms with Crippen molar-refractivity contribution in [3.63, 3.8) is 0 Å². The number of aromatic nitrogens is 3. The molecule has 0 amide bonds. The van der Waals surface area contributed by atoms with Crippen molar-refractivity contribution in [3.05, 3.63) is 53.8 Å². The van der Waals surface area contributed by atoms with Crippen LogP contribution in [0.4, 0.5) is 5.82 Å². The second-order valence-electron chi connectivity index (χ2n) is 4.63.